The summed E-state index contributed by atoms with van der Waals surface area (Å²) in [5.74, 6) is -11.9. The molecule has 0 aromatic heterocycles. The minimum Gasteiger partial charge on any atom is -0.508 e. The average Bonchev–Trinajstić information content (AvgIpc) is 1.65. The number of rotatable bonds is 20. The fourth-order valence-corrected chi connectivity index (χ4v) is 14.3. The molecule has 3 aliphatic carbocycles. The van der Waals surface area contributed by atoms with E-state index in [0.29, 0.717) is 10.8 Å². The molecular formula is C72H72N2O15. The van der Waals surface area contributed by atoms with E-state index in [9.17, 15) is 43.5 Å². The zero-order valence-corrected chi connectivity index (χ0v) is 51.1. The molecule has 12 rings (SSSR count). The van der Waals surface area contributed by atoms with Crippen LogP contribution in [0.15, 0.2) is 140 Å². The van der Waals surface area contributed by atoms with Gasteiger partial charge in [0.15, 0.2) is 0 Å². The smallest absolute Gasteiger partial charge is 0.338 e. The Morgan fingerprint density at radius 2 is 1.09 bits per heavy atom. The van der Waals surface area contributed by atoms with Gasteiger partial charge in [0.05, 0.1) is 56.8 Å². The summed E-state index contributed by atoms with van der Waals surface area (Å²) in [5.41, 5.74) is -2.83. The number of amides is 4. The standard InChI is InChI=1S/C72H72N2O15/c1-68(2,3)89-64(81)45(34-69(4,5)65(82)87-38-53-47-19-11-9-17-42(47)32-43-18-10-12-20-48(43)53)35-71(8,67(84)86-30-29-85-63(80)44-26-25-41-33-46(75)28-27-40(41)31-44)37-52-51(59(76)73-60(52)77)36-70(6,7)66(83)88-39-72-54-23-15-13-21-49(54)56(50-22-14-16-24-55(50)72)57-58(72)62(79)74-61(57)78/h9-28,31-33,45,51-52,56-58,75H,29-30,34-39H2,1-8H3,(H,73,76,77)(H,74,78,79). The highest BCUT2D eigenvalue weighted by Crippen LogP contribution is 2.63. The Kier molecular flexibility index (Phi) is 16.1. The molecule has 2 fully saturated rings. The highest BCUT2D eigenvalue weighted by atomic mass is 16.6. The first-order valence-corrected chi connectivity index (χ1v) is 30.1. The number of carbonyl (C=O) groups is 9. The van der Waals surface area contributed by atoms with Gasteiger partial charge in [0.25, 0.3) is 0 Å². The van der Waals surface area contributed by atoms with Crippen LogP contribution in [-0.4, -0.2) is 84.0 Å². The maximum Gasteiger partial charge on any atom is 0.338 e. The Balaban J connectivity index is 0.864. The van der Waals surface area contributed by atoms with Gasteiger partial charge in [0.1, 0.15) is 37.8 Å². The summed E-state index contributed by atoms with van der Waals surface area (Å²) in [6.45, 7) is 11.7. The van der Waals surface area contributed by atoms with Gasteiger partial charge in [0, 0.05) is 11.5 Å². The van der Waals surface area contributed by atoms with Crippen molar-refractivity contribution >= 4 is 85.8 Å². The number of phenolic OH excluding ortho intramolecular Hbond substituents is 1. The van der Waals surface area contributed by atoms with Crippen molar-refractivity contribution in [3.05, 3.63) is 173 Å². The highest BCUT2D eigenvalue weighted by Gasteiger charge is 2.67. The van der Waals surface area contributed by atoms with Gasteiger partial charge >= 0.3 is 29.8 Å². The molecule has 7 aromatic carbocycles. The van der Waals surface area contributed by atoms with Crippen LogP contribution in [0.2, 0.25) is 0 Å². The van der Waals surface area contributed by atoms with Crippen LogP contribution in [-0.2, 0) is 74.1 Å². The van der Waals surface area contributed by atoms with Crippen molar-refractivity contribution in [1.29, 1.82) is 0 Å². The van der Waals surface area contributed by atoms with Gasteiger partial charge in [-0.15, -0.1) is 0 Å². The molecule has 7 aromatic rings. The Morgan fingerprint density at radius 1 is 0.539 bits per heavy atom. The van der Waals surface area contributed by atoms with Crippen LogP contribution >= 0.6 is 0 Å². The summed E-state index contributed by atoms with van der Waals surface area (Å²) in [7, 11) is 0. The molecule has 6 unspecified atom stereocenters. The first-order chi connectivity index (χ1) is 42.2. The maximum atomic E-state index is 15.1. The second-order valence-corrected chi connectivity index (χ2v) is 26.9. The largest absolute Gasteiger partial charge is 0.508 e. The van der Waals surface area contributed by atoms with E-state index in [-0.39, 0.29) is 43.8 Å². The first kappa shape index (κ1) is 61.4. The molecule has 0 spiro atoms. The van der Waals surface area contributed by atoms with Gasteiger partial charge in [-0.3, -0.25) is 49.0 Å². The first-order valence-electron chi connectivity index (χ1n) is 30.1. The number of hydrogen-bond acceptors (Lipinski definition) is 15. The zero-order chi connectivity index (χ0) is 63.5. The summed E-state index contributed by atoms with van der Waals surface area (Å²) in [4.78, 5) is 129. The lowest BCUT2D eigenvalue weighted by Crippen LogP contribution is -2.56. The topological polar surface area (TPSA) is 244 Å². The molecule has 0 radical (unpaired) electrons. The number of aromatic hydroxyl groups is 1. The molecule has 0 saturated carbocycles. The summed E-state index contributed by atoms with van der Waals surface area (Å²) in [6.07, 6.45) is -1.26. The molecule has 2 bridgehead atoms. The minimum atomic E-state index is -1.83. The highest BCUT2D eigenvalue weighted by molar-refractivity contribution is 6.09. The third-order valence-electron chi connectivity index (χ3n) is 18.5. The maximum absolute atomic E-state index is 15.1. The van der Waals surface area contributed by atoms with E-state index in [2.05, 4.69) is 16.7 Å². The van der Waals surface area contributed by atoms with E-state index in [4.69, 9.17) is 23.7 Å². The normalized spacial score (nSPS) is 21.2. The van der Waals surface area contributed by atoms with Crippen LogP contribution in [0.4, 0.5) is 0 Å². The number of fused-ring (bicyclic) bond motifs is 3. The van der Waals surface area contributed by atoms with E-state index in [1.807, 2.05) is 97.1 Å². The van der Waals surface area contributed by atoms with E-state index in [1.165, 1.54) is 19.1 Å². The lowest BCUT2D eigenvalue weighted by molar-refractivity contribution is -0.169. The van der Waals surface area contributed by atoms with Crippen LogP contribution in [0, 0.1) is 45.8 Å². The van der Waals surface area contributed by atoms with Crippen molar-refractivity contribution < 1.29 is 71.9 Å². The van der Waals surface area contributed by atoms with Crippen LogP contribution in [0.3, 0.4) is 0 Å². The third kappa shape index (κ3) is 11.6. The average molecular weight is 1210 g/mol. The number of hydrogen-bond donors (Lipinski definition) is 3. The van der Waals surface area contributed by atoms with Gasteiger partial charge < -0.3 is 28.8 Å². The number of benzene rings is 7. The van der Waals surface area contributed by atoms with E-state index in [0.717, 1.165) is 49.4 Å². The van der Waals surface area contributed by atoms with Gasteiger partial charge in [-0.2, -0.15) is 0 Å². The predicted octanol–water partition coefficient (Wildman–Crippen LogP) is 10.6. The Morgan fingerprint density at radius 3 is 1.73 bits per heavy atom. The second kappa shape index (κ2) is 23.4. The molecule has 6 atom stereocenters. The summed E-state index contributed by atoms with van der Waals surface area (Å²) < 4.78 is 30.0. The third-order valence-corrected chi connectivity index (χ3v) is 18.5. The quantitative estimate of drug-likeness (QED) is 0.0211. The van der Waals surface area contributed by atoms with Crippen LogP contribution < -0.4 is 10.6 Å². The van der Waals surface area contributed by atoms with Gasteiger partial charge in [-0.05, 0) is 166 Å². The second-order valence-electron chi connectivity index (χ2n) is 26.9. The van der Waals surface area contributed by atoms with Crippen molar-refractivity contribution in [3.63, 3.8) is 0 Å². The number of carbonyl (C=O) groups excluding carboxylic acids is 9. The van der Waals surface area contributed by atoms with Crippen molar-refractivity contribution in [1.82, 2.24) is 10.6 Å². The van der Waals surface area contributed by atoms with Gasteiger partial charge in [-0.1, -0.05) is 109 Å². The Bertz CT molecular complexity index is 3980. The molecule has 89 heavy (non-hydrogen) atoms. The number of esters is 5. The van der Waals surface area contributed by atoms with Gasteiger partial charge in [-0.25, -0.2) is 4.79 Å². The van der Waals surface area contributed by atoms with Crippen LogP contribution in [0.1, 0.15) is 125 Å². The fourth-order valence-electron chi connectivity index (χ4n) is 14.3. The Labute approximate surface area is 515 Å². The molecule has 17 heteroatoms. The molecule has 3 N–H and O–H groups in total. The molecule has 2 heterocycles. The van der Waals surface area contributed by atoms with Crippen molar-refractivity contribution in [2.45, 2.75) is 105 Å². The molecule has 460 valence electrons. The molecule has 4 amide bonds. The minimum absolute atomic E-state index is 0.0582. The van der Waals surface area contributed by atoms with Crippen LogP contribution in [0.25, 0.3) is 32.3 Å². The van der Waals surface area contributed by atoms with E-state index < -0.39 is 136 Å². The SMILES string of the molecule is CC(C)(C)OC(=O)C(CC(C)(C)C(=O)OCc1c2ccccc2cc2ccccc12)CC(C)(CC1C(=O)NC(=O)C1CC(C)(C)C(=O)OCC12c3ccccc3C(c3ccccc31)C1C(=O)NC(=O)C12)C(=O)OCCOC(=O)c1ccc2cc(O)ccc2c1. The summed E-state index contributed by atoms with van der Waals surface area (Å²) in [6, 6.07) is 42.2. The number of phenols is 1. The summed E-state index contributed by atoms with van der Waals surface area (Å²) >= 11 is 0. The van der Waals surface area contributed by atoms with Crippen molar-refractivity contribution in [3.8, 4) is 5.75 Å². The monoisotopic (exact) mass is 1200 g/mol. The zero-order valence-electron chi connectivity index (χ0n) is 51.1. The lowest BCUT2D eigenvalue weighted by Gasteiger charge is -2.53. The predicted molar refractivity (Wildman–Crippen MR) is 328 cm³/mol. The van der Waals surface area contributed by atoms with Crippen molar-refractivity contribution in [2.24, 2.45) is 45.8 Å². The number of imide groups is 2. The number of ether oxygens (including phenoxy) is 5. The Hall–Kier alpha value is -9.25. The lowest BCUT2D eigenvalue weighted by atomic mass is 9.47. The molecule has 2 aliphatic heterocycles. The van der Waals surface area contributed by atoms with E-state index in [1.54, 1.807) is 72.7 Å². The van der Waals surface area contributed by atoms with E-state index >= 15 is 4.79 Å². The van der Waals surface area contributed by atoms with Crippen LogP contribution in [0.5, 0.6) is 5.75 Å². The molecule has 17 nitrogen and oxygen atoms in total. The fraction of sp³-hybridized carbons (Fsp3) is 0.375. The molecule has 5 aliphatic rings. The van der Waals surface area contributed by atoms with Gasteiger partial charge in [0.2, 0.25) is 23.6 Å². The molecule has 2 saturated heterocycles. The van der Waals surface area contributed by atoms with Crippen molar-refractivity contribution in [2.75, 3.05) is 19.8 Å². The summed E-state index contributed by atoms with van der Waals surface area (Å²) in [5, 5.41) is 20.0. The number of nitrogens with one attached hydrogen (secondary N) is 2. The molecular weight excluding hydrogens is 1130 g/mol.